The number of hydrogen-bond donors (Lipinski definition) is 2. The SMILES string of the molecule is O=C(NC1CCCCCCC1)c1ccccc1N1C(=O)C2Cc3c([nH]c4ccccc34)C(c3ccc(F)cc3)N2C1=O. The molecule has 7 nitrogen and oxygen atoms in total. The highest BCUT2D eigenvalue weighted by Crippen LogP contribution is 2.45. The van der Waals surface area contributed by atoms with Gasteiger partial charge < -0.3 is 10.3 Å². The van der Waals surface area contributed by atoms with Gasteiger partial charge in [0, 0.05) is 29.1 Å². The lowest BCUT2D eigenvalue weighted by atomic mass is 9.89. The third-order valence-corrected chi connectivity index (χ3v) is 9.06. The van der Waals surface area contributed by atoms with Gasteiger partial charge in [0.05, 0.1) is 11.3 Å². The summed E-state index contributed by atoms with van der Waals surface area (Å²) in [7, 11) is 0. The summed E-state index contributed by atoms with van der Waals surface area (Å²) in [5.41, 5.74) is 4.01. The maximum absolute atomic E-state index is 14.3. The molecular weight excluding hydrogens is 531 g/mol. The van der Waals surface area contributed by atoms with E-state index in [1.165, 1.54) is 36.3 Å². The standard InChI is InChI=1S/C34H33FN4O3/c35-22-18-16-21(17-19-22)31-30-26(24-12-6-8-14-27(24)37-30)20-29-33(41)39(34(42)38(29)31)28-15-9-7-13-25(28)32(40)36-23-10-4-2-1-3-5-11-23/h6-9,12-19,23,29,31,37H,1-5,10-11,20H2,(H,36,40). The van der Waals surface area contributed by atoms with E-state index in [0.29, 0.717) is 17.5 Å². The fraction of sp³-hybridized carbons (Fsp3) is 0.324. The summed E-state index contributed by atoms with van der Waals surface area (Å²) < 4.78 is 13.9. The Kier molecular flexibility index (Phi) is 6.76. The summed E-state index contributed by atoms with van der Waals surface area (Å²) in [6.07, 6.45) is 7.92. The topological polar surface area (TPSA) is 85.5 Å². The molecule has 7 rings (SSSR count). The summed E-state index contributed by atoms with van der Waals surface area (Å²) in [5, 5.41) is 4.18. The van der Waals surface area contributed by atoms with Gasteiger partial charge in [-0.15, -0.1) is 0 Å². The lowest BCUT2D eigenvalue weighted by Gasteiger charge is -2.36. The second-order valence-electron chi connectivity index (χ2n) is 11.6. The van der Waals surface area contributed by atoms with Gasteiger partial charge in [0.2, 0.25) is 0 Å². The van der Waals surface area contributed by atoms with E-state index in [1.807, 2.05) is 24.3 Å². The van der Waals surface area contributed by atoms with E-state index in [9.17, 15) is 18.8 Å². The highest BCUT2D eigenvalue weighted by molar-refractivity contribution is 6.24. The zero-order valence-corrected chi connectivity index (χ0v) is 23.3. The number of benzene rings is 3. The Labute approximate surface area is 243 Å². The number of fused-ring (bicyclic) bond motifs is 4. The van der Waals surface area contributed by atoms with Crippen LogP contribution in [-0.2, 0) is 11.2 Å². The minimum absolute atomic E-state index is 0.0725. The van der Waals surface area contributed by atoms with Crippen LogP contribution in [0.25, 0.3) is 10.9 Å². The van der Waals surface area contributed by atoms with Crippen LogP contribution in [0.15, 0.2) is 72.8 Å². The van der Waals surface area contributed by atoms with Crippen molar-refractivity contribution in [1.29, 1.82) is 0 Å². The summed E-state index contributed by atoms with van der Waals surface area (Å²) >= 11 is 0. The molecule has 42 heavy (non-hydrogen) atoms. The van der Waals surface area contributed by atoms with Gasteiger partial charge in [-0.3, -0.25) is 14.5 Å². The second kappa shape index (κ2) is 10.7. The molecule has 8 heteroatoms. The molecule has 1 aromatic heterocycles. The first-order valence-corrected chi connectivity index (χ1v) is 14.9. The zero-order chi connectivity index (χ0) is 28.8. The van der Waals surface area contributed by atoms with Crippen molar-refractivity contribution in [3.8, 4) is 0 Å². The largest absolute Gasteiger partial charge is 0.356 e. The third kappa shape index (κ3) is 4.46. The van der Waals surface area contributed by atoms with Crippen LogP contribution >= 0.6 is 0 Å². The van der Waals surface area contributed by atoms with E-state index in [2.05, 4.69) is 10.3 Å². The van der Waals surface area contributed by atoms with Gasteiger partial charge in [0.25, 0.3) is 11.8 Å². The average Bonchev–Trinajstić information content (AvgIpc) is 3.48. The molecule has 214 valence electrons. The number of halogens is 1. The van der Waals surface area contributed by atoms with Crippen LogP contribution in [0.3, 0.4) is 0 Å². The third-order valence-electron chi connectivity index (χ3n) is 9.06. The van der Waals surface area contributed by atoms with Gasteiger partial charge in [0.1, 0.15) is 17.9 Å². The number of nitrogens with one attached hydrogen (secondary N) is 2. The first-order chi connectivity index (χ1) is 20.5. The Morgan fingerprint density at radius 1 is 0.857 bits per heavy atom. The number of nitrogens with zero attached hydrogens (tertiary/aromatic N) is 2. The predicted molar refractivity (Wildman–Crippen MR) is 159 cm³/mol. The van der Waals surface area contributed by atoms with Crippen molar-refractivity contribution < 1.29 is 18.8 Å². The molecule has 3 heterocycles. The summed E-state index contributed by atoms with van der Waals surface area (Å²) in [5.74, 6) is -1.01. The van der Waals surface area contributed by atoms with E-state index in [-0.39, 0.29) is 29.4 Å². The number of amides is 4. The molecule has 3 aromatic carbocycles. The summed E-state index contributed by atoms with van der Waals surface area (Å²) in [6.45, 7) is 0. The van der Waals surface area contributed by atoms with E-state index < -0.39 is 18.1 Å². The number of carbonyl (C=O) groups is 3. The van der Waals surface area contributed by atoms with Crippen molar-refractivity contribution >= 4 is 34.4 Å². The molecule has 2 unspecified atom stereocenters. The molecule has 0 spiro atoms. The number of hydrogen-bond acceptors (Lipinski definition) is 3. The Balaban J connectivity index is 1.27. The summed E-state index contributed by atoms with van der Waals surface area (Å²) in [6, 6.07) is 19.0. The molecule has 1 saturated heterocycles. The van der Waals surface area contributed by atoms with Crippen LogP contribution in [0.2, 0.25) is 0 Å². The Hall–Kier alpha value is -4.46. The molecule has 4 amide bonds. The Morgan fingerprint density at radius 3 is 2.33 bits per heavy atom. The Bertz CT molecular complexity index is 1670. The smallest absolute Gasteiger partial charge is 0.332 e. The zero-order valence-electron chi connectivity index (χ0n) is 23.3. The average molecular weight is 565 g/mol. The van der Waals surface area contributed by atoms with Crippen LogP contribution in [0, 0.1) is 5.82 Å². The fourth-order valence-electron chi connectivity index (χ4n) is 7.01. The second-order valence-corrected chi connectivity index (χ2v) is 11.6. The molecule has 2 aliphatic heterocycles. The number of anilines is 1. The number of H-pyrrole nitrogens is 1. The molecule has 4 aromatic rings. The molecule has 2 atom stereocenters. The minimum Gasteiger partial charge on any atom is -0.356 e. The van der Waals surface area contributed by atoms with Gasteiger partial charge in [-0.1, -0.05) is 74.6 Å². The number of imide groups is 1. The Morgan fingerprint density at radius 2 is 1.55 bits per heavy atom. The van der Waals surface area contributed by atoms with E-state index in [0.717, 1.165) is 47.8 Å². The van der Waals surface area contributed by atoms with Gasteiger partial charge >= 0.3 is 6.03 Å². The van der Waals surface area contributed by atoms with Crippen LogP contribution in [-0.4, -0.2) is 39.8 Å². The lowest BCUT2D eigenvalue weighted by Crippen LogP contribution is -2.44. The molecule has 2 N–H and O–H groups in total. The fourth-order valence-corrected chi connectivity index (χ4v) is 7.01. The molecule has 2 fully saturated rings. The monoisotopic (exact) mass is 564 g/mol. The molecule has 0 radical (unpaired) electrons. The van der Waals surface area contributed by atoms with Crippen molar-refractivity contribution in [2.75, 3.05) is 4.90 Å². The number of urea groups is 1. The predicted octanol–water partition coefficient (Wildman–Crippen LogP) is 6.63. The number of para-hydroxylation sites is 2. The quantitative estimate of drug-likeness (QED) is 0.273. The number of aromatic nitrogens is 1. The van der Waals surface area contributed by atoms with Crippen LogP contribution in [0.5, 0.6) is 0 Å². The molecule has 3 aliphatic rings. The van der Waals surface area contributed by atoms with Crippen molar-refractivity contribution in [2.24, 2.45) is 0 Å². The van der Waals surface area contributed by atoms with Gasteiger partial charge in [0.15, 0.2) is 0 Å². The maximum atomic E-state index is 14.3. The van der Waals surface area contributed by atoms with Crippen molar-refractivity contribution in [1.82, 2.24) is 15.2 Å². The van der Waals surface area contributed by atoms with Crippen molar-refractivity contribution in [3.63, 3.8) is 0 Å². The highest BCUT2D eigenvalue weighted by atomic mass is 19.1. The van der Waals surface area contributed by atoms with Gasteiger partial charge in [-0.25, -0.2) is 14.1 Å². The molecule has 1 saturated carbocycles. The normalized spacial score (nSPS) is 21.2. The van der Waals surface area contributed by atoms with Gasteiger partial charge in [-0.05, 0) is 54.3 Å². The van der Waals surface area contributed by atoms with Crippen molar-refractivity contribution in [3.05, 3.63) is 101 Å². The van der Waals surface area contributed by atoms with Crippen LogP contribution in [0.1, 0.15) is 78.2 Å². The van der Waals surface area contributed by atoms with Crippen molar-refractivity contribution in [2.45, 2.75) is 69.5 Å². The molecule has 1 aliphatic carbocycles. The van der Waals surface area contributed by atoms with Gasteiger partial charge in [-0.2, -0.15) is 0 Å². The number of carbonyl (C=O) groups excluding carboxylic acids is 3. The number of rotatable bonds is 4. The van der Waals surface area contributed by atoms with Crippen LogP contribution in [0.4, 0.5) is 14.9 Å². The minimum atomic E-state index is -0.763. The number of aromatic amines is 1. The highest BCUT2D eigenvalue weighted by Gasteiger charge is 2.53. The lowest BCUT2D eigenvalue weighted by molar-refractivity contribution is -0.120. The first-order valence-electron chi connectivity index (χ1n) is 14.9. The molecular formula is C34H33FN4O3. The summed E-state index contributed by atoms with van der Waals surface area (Å²) in [4.78, 5) is 48.3. The molecule has 0 bridgehead atoms. The van der Waals surface area contributed by atoms with E-state index in [4.69, 9.17) is 0 Å². The van der Waals surface area contributed by atoms with Crippen LogP contribution < -0.4 is 10.2 Å². The van der Waals surface area contributed by atoms with E-state index in [1.54, 1.807) is 41.3 Å². The maximum Gasteiger partial charge on any atom is 0.332 e. The van der Waals surface area contributed by atoms with E-state index >= 15 is 0 Å². The first kappa shape index (κ1) is 26.4.